The molecule has 1 aliphatic heterocycles. The first-order valence-corrected chi connectivity index (χ1v) is 10.7. The summed E-state index contributed by atoms with van der Waals surface area (Å²) in [6.07, 6.45) is 0. The van der Waals surface area contributed by atoms with Crippen molar-refractivity contribution in [3.8, 4) is 0 Å². The quantitative estimate of drug-likeness (QED) is 0.538. The minimum absolute atomic E-state index is 0.129. The fourth-order valence-corrected chi connectivity index (χ4v) is 3.73. The Labute approximate surface area is 182 Å². The number of sulfonamides is 1. The predicted octanol–water partition coefficient (Wildman–Crippen LogP) is 2.68. The molecule has 0 saturated heterocycles. The number of azo groups is 1. The van der Waals surface area contributed by atoms with Crippen LogP contribution in [0.25, 0.3) is 0 Å². The minimum atomic E-state index is -3.97. The number of rotatable bonds is 5. The summed E-state index contributed by atoms with van der Waals surface area (Å²) >= 11 is 5.81. The van der Waals surface area contributed by atoms with E-state index in [1.54, 1.807) is 6.92 Å². The van der Waals surface area contributed by atoms with E-state index in [-0.39, 0.29) is 21.9 Å². The molecule has 0 aliphatic carbocycles. The third-order valence-corrected chi connectivity index (χ3v) is 5.79. The molecule has 0 bridgehead atoms. The van der Waals surface area contributed by atoms with Gasteiger partial charge in [-0.05, 0) is 55.5 Å². The number of nitrogens with zero attached hydrogens (tertiary/aromatic N) is 4. The SMILES string of the molecule is CC(=O)NS(=O)(=O)c1ccc(N=NC2C(=O)N(C(=O)c3ccc(Cl)cc3)N=C2C)cc1. The Balaban J connectivity index is 1.73. The van der Waals surface area contributed by atoms with E-state index in [0.29, 0.717) is 5.02 Å². The Hall–Kier alpha value is -3.44. The minimum Gasteiger partial charge on any atom is -0.274 e. The van der Waals surface area contributed by atoms with Gasteiger partial charge in [0.15, 0.2) is 6.04 Å². The zero-order chi connectivity index (χ0) is 22.8. The predicted molar refractivity (Wildman–Crippen MR) is 111 cm³/mol. The number of carbonyl (C=O) groups is 3. The molecule has 1 aliphatic rings. The summed E-state index contributed by atoms with van der Waals surface area (Å²) in [5.41, 5.74) is 0.786. The van der Waals surface area contributed by atoms with Gasteiger partial charge in [0.25, 0.3) is 21.8 Å². The number of halogens is 1. The van der Waals surface area contributed by atoms with Crippen LogP contribution in [-0.2, 0) is 19.6 Å². The molecule has 3 rings (SSSR count). The van der Waals surface area contributed by atoms with Gasteiger partial charge < -0.3 is 0 Å². The molecule has 1 unspecified atom stereocenters. The van der Waals surface area contributed by atoms with Crippen LogP contribution in [0.15, 0.2) is 68.8 Å². The van der Waals surface area contributed by atoms with Gasteiger partial charge in [-0.25, -0.2) is 13.1 Å². The summed E-state index contributed by atoms with van der Waals surface area (Å²) in [6.45, 7) is 2.63. The van der Waals surface area contributed by atoms with E-state index in [4.69, 9.17) is 11.6 Å². The fourth-order valence-electron chi connectivity index (χ4n) is 2.61. The Morgan fingerprint density at radius 3 is 2.29 bits per heavy atom. The molecule has 3 amide bonds. The lowest BCUT2D eigenvalue weighted by atomic mass is 10.2. The van der Waals surface area contributed by atoms with Gasteiger partial charge in [-0.3, -0.25) is 14.4 Å². The number of amides is 3. The molecule has 0 fully saturated rings. The number of benzene rings is 2. The first-order valence-electron chi connectivity index (χ1n) is 8.82. The second-order valence-corrected chi connectivity index (χ2v) is 8.60. The largest absolute Gasteiger partial charge is 0.282 e. The second-order valence-electron chi connectivity index (χ2n) is 6.48. The summed E-state index contributed by atoms with van der Waals surface area (Å²) in [7, 11) is -3.97. The Bertz CT molecular complexity index is 1210. The molecular weight excluding hydrogens is 446 g/mol. The zero-order valence-corrected chi connectivity index (χ0v) is 17.9. The molecular formula is C19H16ClN5O5S. The van der Waals surface area contributed by atoms with Crippen LogP contribution in [0.2, 0.25) is 5.02 Å². The lowest BCUT2D eigenvalue weighted by Crippen LogP contribution is -2.34. The highest BCUT2D eigenvalue weighted by Gasteiger charge is 2.38. The van der Waals surface area contributed by atoms with Gasteiger partial charge in [0.1, 0.15) is 0 Å². The molecule has 1 N–H and O–H groups in total. The summed E-state index contributed by atoms with van der Waals surface area (Å²) in [4.78, 5) is 36.0. The third kappa shape index (κ3) is 5.01. The van der Waals surface area contributed by atoms with E-state index in [9.17, 15) is 22.8 Å². The van der Waals surface area contributed by atoms with Crippen molar-refractivity contribution in [2.24, 2.45) is 15.3 Å². The zero-order valence-electron chi connectivity index (χ0n) is 16.3. The Morgan fingerprint density at radius 1 is 1.10 bits per heavy atom. The first kappa shape index (κ1) is 22.2. The van der Waals surface area contributed by atoms with Crippen molar-refractivity contribution in [1.29, 1.82) is 0 Å². The summed E-state index contributed by atoms with van der Waals surface area (Å²) in [6, 6.07) is 10.1. The van der Waals surface area contributed by atoms with Gasteiger partial charge in [0.2, 0.25) is 5.91 Å². The number of carbonyl (C=O) groups excluding carboxylic acids is 3. The Kier molecular flexibility index (Phi) is 6.27. The second kappa shape index (κ2) is 8.74. The molecule has 12 heteroatoms. The van der Waals surface area contributed by atoms with E-state index in [0.717, 1.165) is 11.9 Å². The lowest BCUT2D eigenvalue weighted by molar-refractivity contribution is -0.127. The van der Waals surface area contributed by atoms with Crippen LogP contribution in [-0.4, -0.2) is 42.9 Å². The topological polar surface area (TPSA) is 138 Å². The molecule has 160 valence electrons. The van der Waals surface area contributed by atoms with Crippen molar-refractivity contribution >= 4 is 50.7 Å². The highest BCUT2D eigenvalue weighted by atomic mass is 35.5. The van der Waals surface area contributed by atoms with Gasteiger partial charge in [0, 0.05) is 17.5 Å². The molecule has 10 nitrogen and oxygen atoms in total. The monoisotopic (exact) mass is 461 g/mol. The first-order chi connectivity index (χ1) is 14.6. The van der Waals surface area contributed by atoms with Crippen molar-refractivity contribution in [3.05, 3.63) is 59.1 Å². The molecule has 31 heavy (non-hydrogen) atoms. The van der Waals surface area contributed by atoms with Crippen LogP contribution in [0, 0.1) is 0 Å². The number of hydrogen-bond acceptors (Lipinski definition) is 8. The van der Waals surface area contributed by atoms with E-state index in [1.807, 2.05) is 4.72 Å². The van der Waals surface area contributed by atoms with Gasteiger partial charge in [-0.1, -0.05) is 11.6 Å². The lowest BCUT2D eigenvalue weighted by Gasteiger charge is -2.10. The highest BCUT2D eigenvalue weighted by Crippen LogP contribution is 2.21. The molecule has 0 spiro atoms. The maximum Gasteiger partial charge on any atom is 0.282 e. The summed E-state index contributed by atoms with van der Waals surface area (Å²) in [5, 5.41) is 13.0. The maximum atomic E-state index is 12.6. The molecule has 1 atom stereocenters. The molecule has 0 saturated carbocycles. The van der Waals surface area contributed by atoms with Crippen molar-refractivity contribution < 1.29 is 22.8 Å². The van der Waals surface area contributed by atoms with E-state index in [2.05, 4.69) is 15.3 Å². The maximum absolute atomic E-state index is 12.6. The molecule has 0 radical (unpaired) electrons. The van der Waals surface area contributed by atoms with Crippen molar-refractivity contribution in [2.75, 3.05) is 0 Å². The van der Waals surface area contributed by atoms with Crippen LogP contribution in [0.1, 0.15) is 24.2 Å². The van der Waals surface area contributed by atoms with Gasteiger partial charge in [-0.15, -0.1) is 0 Å². The number of nitrogens with one attached hydrogen (secondary N) is 1. The molecule has 1 heterocycles. The highest BCUT2D eigenvalue weighted by molar-refractivity contribution is 7.90. The average Bonchev–Trinajstić information content (AvgIpc) is 2.99. The van der Waals surface area contributed by atoms with E-state index >= 15 is 0 Å². The van der Waals surface area contributed by atoms with Crippen LogP contribution < -0.4 is 4.72 Å². The molecule has 2 aromatic rings. The third-order valence-electron chi connectivity index (χ3n) is 4.09. The smallest absolute Gasteiger partial charge is 0.274 e. The van der Waals surface area contributed by atoms with Crippen LogP contribution >= 0.6 is 11.6 Å². The number of imide groups is 1. The number of hydrazone groups is 1. The summed E-state index contributed by atoms with van der Waals surface area (Å²) in [5.74, 6) is -1.99. The van der Waals surface area contributed by atoms with Crippen molar-refractivity contribution in [3.63, 3.8) is 0 Å². The van der Waals surface area contributed by atoms with Gasteiger partial charge >= 0.3 is 0 Å². The fraction of sp³-hybridized carbons (Fsp3) is 0.158. The van der Waals surface area contributed by atoms with Crippen LogP contribution in [0.5, 0.6) is 0 Å². The van der Waals surface area contributed by atoms with Crippen molar-refractivity contribution in [2.45, 2.75) is 24.8 Å². The van der Waals surface area contributed by atoms with Crippen LogP contribution in [0.3, 0.4) is 0 Å². The normalized spacial score (nSPS) is 16.5. The average molecular weight is 462 g/mol. The standard InChI is InChI=1S/C19H16ClN5O5S/c1-11-17(19(28)25(23-11)18(27)13-3-5-14(20)6-4-13)22-21-15-7-9-16(10-8-15)31(29,30)24-12(2)26/h3-10,17H,1-2H3,(H,24,26). The van der Waals surface area contributed by atoms with E-state index in [1.165, 1.54) is 48.5 Å². The van der Waals surface area contributed by atoms with E-state index < -0.39 is 33.8 Å². The van der Waals surface area contributed by atoms with Crippen LogP contribution in [0.4, 0.5) is 5.69 Å². The Morgan fingerprint density at radius 2 is 1.71 bits per heavy atom. The van der Waals surface area contributed by atoms with Gasteiger partial charge in [-0.2, -0.15) is 20.3 Å². The number of hydrogen-bond donors (Lipinski definition) is 1. The molecule has 0 aromatic heterocycles. The van der Waals surface area contributed by atoms with Gasteiger partial charge in [0.05, 0.1) is 16.3 Å². The molecule has 2 aromatic carbocycles. The summed E-state index contributed by atoms with van der Waals surface area (Å²) < 4.78 is 25.8. The van der Waals surface area contributed by atoms with Crippen molar-refractivity contribution in [1.82, 2.24) is 9.73 Å².